The molecule has 0 aromatic rings. The van der Waals surface area contributed by atoms with Gasteiger partial charge < -0.3 is 15.6 Å². The lowest BCUT2D eigenvalue weighted by atomic mass is 9.47. The number of hydrogen-bond acceptors (Lipinski definition) is 3. The minimum Gasteiger partial charge on any atom is -0.396 e. The van der Waals surface area contributed by atoms with Crippen LogP contribution in [0.2, 0.25) is 0 Å². The molecule has 3 saturated carbocycles. The lowest BCUT2D eigenvalue weighted by Crippen LogP contribution is -2.51. The minimum atomic E-state index is 0.302. The van der Waals surface area contributed by atoms with Crippen molar-refractivity contribution in [3.8, 4) is 0 Å². The van der Waals surface area contributed by atoms with E-state index in [0.29, 0.717) is 47.5 Å². The third kappa shape index (κ3) is 3.09. The van der Waals surface area contributed by atoms with Gasteiger partial charge in [0.1, 0.15) is 0 Å². The fourth-order valence-corrected chi connectivity index (χ4v) is 9.25. The molecular formula is C27H45NO2. The Morgan fingerprint density at radius 1 is 1.23 bits per heavy atom. The van der Waals surface area contributed by atoms with Crippen LogP contribution in [0, 0.1) is 46.3 Å². The fourth-order valence-electron chi connectivity index (χ4n) is 9.25. The SMILES string of the molecule is C[C@@H](CO)CCC1O[C@H]2CC3C4CC=C5CC(N)CCC5(C)C4CCC3(C)[C@H]2[C@@H]1C. The minimum absolute atomic E-state index is 0.302. The number of fused-ring (bicyclic) bond motifs is 7. The third-order valence-corrected chi connectivity index (χ3v) is 11.0. The van der Waals surface area contributed by atoms with E-state index in [1.54, 1.807) is 5.57 Å². The van der Waals surface area contributed by atoms with Crippen molar-refractivity contribution < 1.29 is 9.84 Å². The number of nitrogens with two attached hydrogens (primary N) is 1. The summed E-state index contributed by atoms with van der Waals surface area (Å²) in [6, 6.07) is 0.389. The summed E-state index contributed by atoms with van der Waals surface area (Å²) < 4.78 is 6.76. The predicted molar refractivity (Wildman–Crippen MR) is 122 cm³/mol. The number of aliphatic hydroxyl groups excluding tert-OH is 1. The molecule has 3 heteroatoms. The Balaban J connectivity index is 1.34. The Bertz CT molecular complexity index is 690. The van der Waals surface area contributed by atoms with Crippen molar-refractivity contribution in [2.75, 3.05) is 6.61 Å². The highest BCUT2D eigenvalue weighted by atomic mass is 16.5. The van der Waals surface area contributed by atoms with E-state index in [2.05, 4.69) is 33.8 Å². The van der Waals surface area contributed by atoms with Crippen LogP contribution in [0.25, 0.3) is 0 Å². The number of ether oxygens (including phenoxy) is 1. The molecule has 5 rings (SSSR count). The van der Waals surface area contributed by atoms with E-state index < -0.39 is 0 Å². The third-order valence-electron chi connectivity index (χ3n) is 11.0. The summed E-state index contributed by atoms with van der Waals surface area (Å²) in [4.78, 5) is 0. The lowest BCUT2D eigenvalue weighted by Gasteiger charge is -2.58. The highest BCUT2D eigenvalue weighted by Gasteiger charge is 2.64. The molecule has 170 valence electrons. The summed E-state index contributed by atoms with van der Waals surface area (Å²) in [5.74, 6) is 4.32. The van der Waals surface area contributed by atoms with Crippen molar-refractivity contribution in [2.45, 2.75) is 104 Å². The summed E-state index contributed by atoms with van der Waals surface area (Å²) in [5, 5.41) is 9.41. The van der Waals surface area contributed by atoms with Crippen LogP contribution in [-0.4, -0.2) is 30.0 Å². The average molecular weight is 416 g/mol. The van der Waals surface area contributed by atoms with Gasteiger partial charge in [0.15, 0.2) is 0 Å². The molecule has 30 heavy (non-hydrogen) atoms. The molecule has 0 aromatic heterocycles. The van der Waals surface area contributed by atoms with Gasteiger partial charge in [-0.05, 0) is 104 Å². The molecule has 5 aliphatic rings. The van der Waals surface area contributed by atoms with Crippen LogP contribution in [0.1, 0.15) is 85.5 Å². The molecule has 3 N–H and O–H groups in total. The number of hydrogen-bond donors (Lipinski definition) is 2. The summed E-state index contributed by atoms with van der Waals surface area (Å²) in [7, 11) is 0. The molecule has 1 saturated heterocycles. The van der Waals surface area contributed by atoms with E-state index >= 15 is 0 Å². The summed E-state index contributed by atoms with van der Waals surface area (Å²) in [6.45, 7) is 10.1. The zero-order valence-electron chi connectivity index (χ0n) is 19.8. The first-order valence-electron chi connectivity index (χ1n) is 13.0. The van der Waals surface area contributed by atoms with Gasteiger partial charge in [-0.25, -0.2) is 0 Å². The van der Waals surface area contributed by atoms with Crippen molar-refractivity contribution in [2.24, 2.45) is 52.1 Å². The molecule has 7 unspecified atom stereocenters. The molecule has 0 amide bonds. The highest BCUT2D eigenvalue weighted by Crippen LogP contribution is 2.69. The molecule has 1 heterocycles. The van der Waals surface area contributed by atoms with Crippen molar-refractivity contribution in [1.29, 1.82) is 0 Å². The van der Waals surface area contributed by atoms with Crippen LogP contribution in [0.5, 0.6) is 0 Å². The summed E-state index contributed by atoms with van der Waals surface area (Å²) in [6.07, 6.45) is 14.7. The average Bonchev–Trinajstić information content (AvgIpc) is 3.20. The summed E-state index contributed by atoms with van der Waals surface area (Å²) in [5.41, 5.74) is 8.91. The Hall–Kier alpha value is -0.380. The second kappa shape index (κ2) is 7.59. The lowest BCUT2D eigenvalue weighted by molar-refractivity contribution is -0.0529. The zero-order valence-corrected chi connectivity index (χ0v) is 19.8. The molecule has 0 radical (unpaired) electrons. The van der Waals surface area contributed by atoms with Crippen molar-refractivity contribution in [3.05, 3.63) is 11.6 Å². The van der Waals surface area contributed by atoms with Gasteiger partial charge in [0, 0.05) is 12.6 Å². The maximum atomic E-state index is 9.41. The second-order valence-corrected chi connectivity index (χ2v) is 12.5. The van der Waals surface area contributed by atoms with Crippen LogP contribution in [-0.2, 0) is 4.74 Å². The van der Waals surface area contributed by atoms with Crippen LogP contribution in [0.4, 0.5) is 0 Å². The molecule has 4 fully saturated rings. The first kappa shape index (κ1) is 21.5. The molecule has 0 spiro atoms. The quantitative estimate of drug-likeness (QED) is 0.611. The first-order chi connectivity index (χ1) is 14.3. The van der Waals surface area contributed by atoms with E-state index in [4.69, 9.17) is 10.5 Å². The molecule has 3 nitrogen and oxygen atoms in total. The van der Waals surface area contributed by atoms with Gasteiger partial charge in [0.25, 0.3) is 0 Å². The van der Waals surface area contributed by atoms with Gasteiger partial charge in [-0.15, -0.1) is 0 Å². The van der Waals surface area contributed by atoms with Gasteiger partial charge >= 0.3 is 0 Å². The van der Waals surface area contributed by atoms with E-state index in [1.165, 1.54) is 38.5 Å². The fraction of sp³-hybridized carbons (Fsp3) is 0.926. The van der Waals surface area contributed by atoms with Gasteiger partial charge in [-0.3, -0.25) is 0 Å². The first-order valence-corrected chi connectivity index (χ1v) is 13.0. The zero-order chi connectivity index (χ0) is 21.3. The van der Waals surface area contributed by atoms with Crippen molar-refractivity contribution >= 4 is 0 Å². The molecule has 0 aromatic carbocycles. The smallest absolute Gasteiger partial charge is 0.0618 e. The highest BCUT2D eigenvalue weighted by molar-refractivity contribution is 5.26. The van der Waals surface area contributed by atoms with Gasteiger partial charge in [0.2, 0.25) is 0 Å². The molecular weight excluding hydrogens is 370 g/mol. The van der Waals surface area contributed by atoms with Crippen LogP contribution in [0.15, 0.2) is 11.6 Å². The van der Waals surface area contributed by atoms with Crippen molar-refractivity contribution in [3.63, 3.8) is 0 Å². The van der Waals surface area contributed by atoms with Crippen LogP contribution in [0.3, 0.4) is 0 Å². The van der Waals surface area contributed by atoms with Gasteiger partial charge in [-0.1, -0.05) is 39.3 Å². The largest absolute Gasteiger partial charge is 0.396 e. The van der Waals surface area contributed by atoms with Gasteiger partial charge in [-0.2, -0.15) is 0 Å². The van der Waals surface area contributed by atoms with E-state index in [-0.39, 0.29) is 0 Å². The molecule has 1 aliphatic heterocycles. The standard InChI is InChI=1S/C27H45NO2/c1-16(15-29)5-8-23-17(2)25-24(30-23)14-22-20-7-6-18-13-19(28)9-11-26(18,3)21(20)10-12-27(22,25)4/h6,16-17,19-25,29H,5,7-15,28H2,1-4H3/t16-,17-,19?,20?,21?,22?,23?,24+,25+,26?,27?/m1/s1. The number of aliphatic hydroxyl groups is 1. The molecule has 11 atom stereocenters. The van der Waals surface area contributed by atoms with Gasteiger partial charge in [0.05, 0.1) is 12.2 Å². The Morgan fingerprint density at radius 2 is 2.03 bits per heavy atom. The van der Waals surface area contributed by atoms with E-state index in [9.17, 15) is 5.11 Å². The van der Waals surface area contributed by atoms with Crippen LogP contribution >= 0.6 is 0 Å². The Labute approximate surface area is 184 Å². The maximum absolute atomic E-state index is 9.41. The van der Waals surface area contributed by atoms with Crippen LogP contribution < -0.4 is 5.73 Å². The van der Waals surface area contributed by atoms with Crippen molar-refractivity contribution in [1.82, 2.24) is 0 Å². The maximum Gasteiger partial charge on any atom is 0.0618 e. The molecule has 4 aliphatic carbocycles. The van der Waals surface area contributed by atoms with E-state index in [0.717, 1.165) is 42.9 Å². The Kier molecular flexibility index (Phi) is 5.43. The summed E-state index contributed by atoms with van der Waals surface area (Å²) >= 11 is 0. The normalized spacial score (nSPS) is 53.3. The predicted octanol–water partition coefficient (Wildman–Crippen LogP) is 5.31. The monoisotopic (exact) mass is 415 g/mol. The topological polar surface area (TPSA) is 55.5 Å². The molecule has 0 bridgehead atoms. The van der Waals surface area contributed by atoms with E-state index in [1.807, 2.05) is 0 Å². The Morgan fingerprint density at radius 3 is 2.80 bits per heavy atom. The second-order valence-electron chi connectivity index (χ2n) is 12.5. The number of rotatable bonds is 4. The number of allylic oxidation sites excluding steroid dienone is 1.